The molecule has 0 fully saturated rings. The molecule has 2 aromatic carbocycles. The van der Waals surface area contributed by atoms with Gasteiger partial charge < -0.3 is 0 Å². The molecule has 2 aromatic rings. The first kappa shape index (κ1) is 18.2. The zero-order chi connectivity index (χ0) is 13.8. The van der Waals surface area contributed by atoms with Crippen LogP contribution in [-0.2, 0) is 28.2 Å². The molecule has 0 aliphatic rings. The quantitative estimate of drug-likeness (QED) is 0.570. The third kappa shape index (κ3) is 6.28. The summed E-state index contributed by atoms with van der Waals surface area (Å²) in [5.74, 6) is 0. The fourth-order valence-electron chi connectivity index (χ4n) is 1.75. The monoisotopic (exact) mass is 294 g/mol. The summed E-state index contributed by atoms with van der Waals surface area (Å²) in [6, 6.07) is 17.0. The van der Waals surface area contributed by atoms with Crippen molar-refractivity contribution >= 4 is 0 Å². The molecular formula is C18H26Cr. The molecule has 0 bridgehead atoms. The van der Waals surface area contributed by atoms with Crippen molar-refractivity contribution < 1.29 is 17.4 Å². The van der Waals surface area contributed by atoms with Crippen LogP contribution in [0.1, 0.15) is 52.7 Å². The summed E-state index contributed by atoms with van der Waals surface area (Å²) in [4.78, 5) is 0. The maximum Gasteiger partial charge on any atom is 2.00 e. The zero-order valence-electron chi connectivity index (χ0n) is 13.0. The van der Waals surface area contributed by atoms with Crippen LogP contribution in [-0.4, -0.2) is 0 Å². The van der Waals surface area contributed by atoms with Crippen molar-refractivity contribution in [3.63, 3.8) is 0 Å². The first-order valence-corrected chi connectivity index (χ1v) is 6.65. The molecule has 0 nitrogen and oxygen atoms in total. The first-order chi connectivity index (χ1) is 8.21. The van der Waals surface area contributed by atoms with Crippen LogP contribution in [0, 0.1) is 0 Å². The molecule has 0 aromatic heterocycles. The van der Waals surface area contributed by atoms with Crippen molar-refractivity contribution in [1.29, 1.82) is 0 Å². The Kier molecular flexibility index (Phi) is 6.84. The fraction of sp³-hybridized carbons (Fsp3) is 0.444. The van der Waals surface area contributed by atoms with E-state index in [4.69, 9.17) is 0 Å². The van der Waals surface area contributed by atoms with E-state index in [1.54, 1.807) is 0 Å². The van der Waals surface area contributed by atoms with Crippen LogP contribution in [0.3, 0.4) is 0 Å². The van der Waals surface area contributed by atoms with Crippen LogP contribution < -0.4 is 0 Å². The smallest absolute Gasteiger partial charge is 0.213 e. The molecule has 0 aliphatic heterocycles. The molecule has 104 valence electrons. The van der Waals surface area contributed by atoms with E-state index in [0.29, 0.717) is 10.8 Å². The van der Waals surface area contributed by atoms with Gasteiger partial charge in [-0.1, -0.05) is 41.5 Å². The SMILES string of the molecule is CC(C)(C)c1ccc[cH-]1.CC(C)(C)c1ccc[cH-]1.[Cr+2]. The van der Waals surface area contributed by atoms with E-state index < -0.39 is 0 Å². The molecule has 19 heavy (non-hydrogen) atoms. The van der Waals surface area contributed by atoms with E-state index in [2.05, 4.69) is 90.1 Å². The minimum absolute atomic E-state index is 0. The van der Waals surface area contributed by atoms with Gasteiger partial charge in [0.2, 0.25) is 0 Å². The van der Waals surface area contributed by atoms with Crippen LogP contribution in [0.4, 0.5) is 0 Å². The van der Waals surface area contributed by atoms with Gasteiger partial charge in [-0.05, 0) is 10.8 Å². The van der Waals surface area contributed by atoms with E-state index in [1.807, 2.05) is 0 Å². The molecule has 2 rings (SSSR count). The molecule has 0 saturated carbocycles. The van der Waals surface area contributed by atoms with Crippen LogP contribution in [0.25, 0.3) is 0 Å². The van der Waals surface area contributed by atoms with E-state index in [-0.39, 0.29) is 17.4 Å². The van der Waals surface area contributed by atoms with E-state index in [1.165, 1.54) is 11.1 Å². The molecule has 0 unspecified atom stereocenters. The Bertz CT molecular complexity index is 375. The number of hydrogen-bond donors (Lipinski definition) is 0. The topological polar surface area (TPSA) is 0 Å². The summed E-state index contributed by atoms with van der Waals surface area (Å²) in [6.07, 6.45) is 0. The average Bonchev–Trinajstić information content (AvgIpc) is 2.91. The van der Waals surface area contributed by atoms with Crippen molar-refractivity contribution in [3.8, 4) is 0 Å². The minimum atomic E-state index is 0. The molecule has 0 atom stereocenters. The van der Waals surface area contributed by atoms with Crippen LogP contribution in [0.2, 0.25) is 0 Å². The van der Waals surface area contributed by atoms with Crippen molar-refractivity contribution in [2.75, 3.05) is 0 Å². The predicted octanol–water partition coefficient (Wildman–Crippen LogP) is 5.40. The Labute approximate surface area is 129 Å². The largest absolute Gasteiger partial charge is 2.00 e. The average molecular weight is 294 g/mol. The molecule has 0 radical (unpaired) electrons. The second-order valence-electron chi connectivity index (χ2n) is 6.85. The number of hydrogen-bond acceptors (Lipinski definition) is 0. The molecule has 0 saturated heterocycles. The molecule has 0 heterocycles. The molecule has 0 N–H and O–H groups in total. The third-order valence-electron chi connectivity index (χ3n) is 3.06. The van der Waals surface area contributed by atoms with Gasteiger partial charge in [0.1, 0.15) is 0 Å². The van der Waals surface area contributed by atoms with Gasteiger partial charge in [-0.25, -0.2) is 24.3 Å². The molecule has 0 aliphatic carbocycles. The summed E-state index contributed by atoms with van der Waals surface area (Å²) >= 11 is 0. The van der Waals surface area contributed by atoms with Crippen molar-refractivity contribution in [2.45, 2.75) is 52.4 Å². The van der Waals surface area contributed by atoms with Gasteiger partial charge >= 0.3 is 17.4 Å². The molecule has 0 spiro atoms. The molecule has 0 amide bonds. The second kappa shape index (κ2) is 7.13. The van der Waals surface area contributed by atoms with E-state index >= 15 is 0 Å². The van der Waals surface area contributed by atoms with Crippen LogP contribution in [0.5, 0.6) is 0 Å². The standard InChI is InChI=1S/2C9H13.Cr/c2*1-9(2,3)8-6-4-5-7-8;/h2*4-7H,1-3H3;/q2*-1;+2. The Morgan fingerprint density at radius 2 is 1.00 bits per heavy atom. The Hall–Kier alpha value is -0.768. The Balaban J connectivity index is 0.000000324. The first-order valence-electron chi connectivity index (χ1n) is 6.65. The maximum absolute atomic E-state index is 2.22. The van der Waals surface area contributed by atoms with Gasteiger partial charge in [-0.3, -0.25) is 0 Å². The van der Waals surface area contributed by atoms with Crippen LogP contribution in [0.15, 0.2) is 48.5 Å². The summed E-state index contributed by atoms with van der Waals surface area (Å²) in [5, 5.41) is 0. The zero-order valence-corrected chi connectivity index (χ0v) is 14.3. The molecule has 1 heteroatoms. The fourth-order valence-corrected chi connectivity index (χ4v) is 1.75. The number of rotatable bonds is 0. The minimum Gasteiger partial charge on any atom is -0.213 e. The van der Waals surface area contributed by atoms with Gasteiger partial charge in [0.05, 0.1) is 0 Å². The summed E-state index contributed by atoms with van der Waals surface area (Å²) in [5.41, 5.74) is 3.48. The second-order valence-corrected chi connectivity index (χ2v) is 6.85. The van der Waals surface area contributed by atoms with Gasteiger partial charge in [-0.2, -0.15) is 35.4 Å². The summed E-state index contributed by atoms with van der Waals surface area (Å²) in [7, 11) is 0. The third-order valence-corrected chi connectivity index (χ3v) is 3.06. The Morgan fingerprint density at radius 1 is 0.684 bits per heavy atom. The maximum atomic E-state index is 2.22. The summed E-state index contributed by atoms with van der Waals surface area (Å²) < 4.78 is 0. The van der Waals surface area contributed by atoms with Crippen molar-refractivity contribution in [1.82, 2.24) is 0 Å². The molecular weight excluding hydrogens is 268 g/mol. The van der Waals surface area contributed by atoms with E-state index in [0.717, 1.165) is 0 Å². The van der Waals surface area contributed by atoms with Gasteiger partial charge in [0, 0.05) is 0 Å². The Morgan fingerprint density at radius 3 is 1.11 bits per heavy atom. The van der Waals surface area contributed by atoms with Crippen LogP contribution >= 0.6 is 0 Å². The summed E-state index contributed by atoms with van der Waals surface area (Å²) in [6.45, 7) is 13.3. The van der Waals surface area contributed by atoms with Gasteiger partial charge in [0.25, 0.3) is 0 Å². The normalized spacial score (nSPS) is 11.3. The van der Waals surface area contributed by atoms with Gasteiger partial charge in [0.15, 0.2) is 0 Å². The van der Waals surface area contributed by atoms with Crippen molar-refractivity contribution in [3.05, 3.63) is 59.7 Å². The predicted molar refractivity (Wildman–Crippen MR) is 81.5 cm³/mol. The van der Waals surface area contributed by atoms with Gasteiger partial charge in [-0.15, -0.1) is 0 Å². The van der Waals surface area contributed by atoms with E-state index in [9.17, 15) is 0 Å². The van der Waals surface area contributed by atoms with Crippen molar-refractivity contribution in [2.24, 2.45) is 0 Å².